The highest BCUT2D eigenvalue weighted by Crippen LogP contribution is 2.38. The second-order valence-corrected chi connectivity index (χ2v) is 6.78. The number of pyridine rings is 1. The molecule has 1 aliphatic heterocycles. The van der Waals surface area contributed by atoms with E-state index in [1.165, 1.54) is 13.3 Å². The van der Waals surface area contributed by atoms with Crippen molar-refractivity contribution in [2.45, 2.75) is 19.6 Å². The first kappa shape index (κ1) is 16.1. The third-order valence-corrected chi connectivity index (χ3v) is 4.58. The highest BCUT2D eigenvalue weighted by atomic mass is 79.9. The highest BCUT2D eigenvalue weighted by Gasteiger charge is 2.34. The molecule has 0 amide bonds. The summed E-state index contributed by atoms with van der Waals surface area (Å²) in [5.41, 5.74) is 0.686. The van der Waals surface area contributed by atoms with Crippen molar-refractivity contribution >= 4 is 33.2 Å². The summed E-state index contributed by atoms with van der Waals surface area (Å²) in [6.45, 7) is 3.63. The monoisotopic (exact) mass is 396 g/mol. The van der Waals surface area contributed by atoms with Crippen molar-refractivity contribution in [1.29, 1.82) is 0 Å². The van der Waals surface area contributed by atoms with E-state index in [0.29, 0.717) is 38.0 Å². The first-order chi connectivity index (χ1) is 10.8. The molecule has 5 nitrogen and oxygen atoms in total. The van der Waals surface area contributed by atoms with Gasteiger partial charge in [-0.15, -0.1) is 0 Å². The lowest BCUT2D eigenvalue weighted by Crippen LogP contribution is -2.39. The van der Waals surface area contributed by atoms with Crippen LogP contribution in [0.3, 0.4) is 0 Å². The van der Waals surface area contributed by atoms with Crippen molar-refractivity contribution in [2.75, 3.05) is 7.11 Å². The van der Waals surface area contributed by atoms with Crippen LogP contribution in [-0.4, -0.2) is 18.5 Å². The van der Waals surface area contributed by atoms with Crippen LogP contribution in [0.5, 0.6) is 11.5 Å². The van der Waals surface area contributed by atoms with Gasteiger partial charge in [0.1, 0.15) is 11.5 Å². The lowest BCUT2D eigenvalue weighted by molar-refractivity contribution is -0.607. The number of hydrogen-bond acceptors (Lipinski definition) is 4. The zero-order valence-corrected chi connectivity index (χ0v) is 15.1. The van der Waals surface area contributed by atoms with Crippen molar-refractivity contribution in [3.8, 4) is 11.5 Å². The van der Waals surface area contributed by atoms with Gasteiger partial charge in [0.25, 0.3) is 5.69 Å². The second kappa shape index (κ2) is 5.69. The SMILES string of the molecule is COc1ccc[n+]([O-])c1C1=NC(C)(C)Oc2cc(Cl)c(Br)cc21. The van der Waals surface area contributed by atoms with Crippen LogP contribution >= 0.6 is 27.5 Å². The molecule has 0 unspecified atom stereocenters. The summed E-state index contributed by atoms with van der Waals surface area (Å²) in [5, 5.41) is 12.9. The van der Waals surface area contributed by atoms with E-state index < -0.39 is 5.72 Å². The summed E-state index contributed by atoms with van der Waals surface area (Å²) in [5.74, 6) is 1.01. The average molecular weight is 398 g/mol. The predicted octanol–water partition coefficient (Wildman–Crippen LogP) is 3.71. The van der Waals surface area contributed by atoms with E-state index >= 15 is 0 Å². The number of fused-ring (bicyclic) bond motifs is 1. The van der Waals surface area contributed by atoms with E-state index in [9.17, 15) is 5.21 Å². The fraction of sp³-hybridized carbons (Fsp3) is 0.250. The van der Waals surface area contributed by atoms with Crippen LogP contribution in [0.4, 0.5) is 0 Å². The maximum atomic E-state index is 12.3. The Balaban J connectivity index is 2.31. The molecule has 0 bridgehead atoms. The molecular weight excluding hydrogens is 384 g/mol. The summed E-state index contributed by atoms with van der Waals surface area (Å²) < 4.78 is 12.6. The minimum absolute atomic E-state index is 0.335. The fourth-order valence-electron chi connectivity index (χ4n) is 2.46. The summed E-state index contributed by atoms with van der Waals surface area (Å²) in [4.78, 5) is 4.60. The molecule has 1 aromatic heterocycles. The number of ether oxygens (including phenoxy) is 2. The Hall–Kier alpha value is -1.79. The minimum atomic E-state index is -0.826. The van der Waals surface area contributed by atoms with Crippen LogP contribution in [0.15, 0.2) is 39.9 Å². The Labute approximate surface area is 147 Å². The molecule has 1 aromatic carbocycles. The lowest BCUT2D eigenvalue weighted by Gasteiger charge is -2.30. The Bertz CT molecular complexity index is 821. The average Bonchev–Trinajstić information content (AvgIpc) is 2.47. The molecule has 0 radical (unpaired) electrons. The molecular formula is C16H14BrClN2O3. The van der Waals surface area contributed by atoms with Crippen LogP contribution in [0.25, 0.3) is 0 Å². The molecule has 0 aliphatic carbocycles. The number of nitrogens with zero attached hydrogens (tertiary/aromatic N) is 2. The van der Waals surface area contributed by atoms with Gasteiger partial charge in [0.05, 0.1) is 17.7 Å². The molecule has 0 fully saturated rings. The lowest BCUT2D eigenvalue weighted by atomic mass is 10.0. The summed E-state index contributed by atoms with van der Waals surface area (Å²) in [6.07, 6.45) is 1.41. The first-order valence-corrected chi connectivity index (χ1v) is 8.04. The number of hydrogen-bond donors (Lipinski definition) is 0. The van der Waals surface area contributed by atoms with Crippen LogP contribution in [-0.2, 0) is 0 Å². The van der Waals surface area contributed by atoms with Gasteiger partial charge in [-0.2, -0.15) is 4.73 Å². The molecule has 0 saturated heterocycles. The quantitative estimate of drug-likeness (QED) is 0.573. The molecule has 2 heterocycles. The Morgan fingerprint density at radius 1 is 1.39 bits per heavy atom. The third-order valence-electron chi connectivity index (χ3n) is 3.39. The van der Waals surface area contributed by atoms with Crippen molar-refractivity contribution in [3.05, 3.63) is 56.4 Å². The van der Waals surface area contributed by atoms with Crippen molar-refractivity contribution in [2.24, 2.45) is 4.99 Å². The topological polar surface area (TPSA) is 57.8 Å². The number of halogens is 2. The van der Waals surface area contributed by atoms with E-state index in [4.69, 9.17) is 21.1 Å². The molecule has 7 heteroatoms. The van der Waals surface area contributed by atoms with Gasteiger partial charge in [-0.3, -0.25) is 0 Å². The predicted molar refractivity (Wildman–Crippen MR) is 91.5 cm³/mol. The normalized spacial score (nSPS) is 15.4. The molecule has 0 saturated carbocycles. The number of methoxy groups -OCH3 is 1. The van der Waals surface area contributed by atoms with Gasteiger partial charge in [0, 0.05) is 16.6 Å². The van der Waals surface area contributed by atoms with Crippen LogP contribution in [0, 0.1) is 5.21 Å². The van der Waals surface area contributed by atoms with E-state index in [0.717, 1.165) is 4.73 Å². The molecule has 1 aliphatic rings. The van der Waals surface area contributed by atoms with Crippen molar-refractivity contribution < 1.29 is 14.2 Å². The summed E-state index contributed by atoms with van der Waals surface area (Å²) >= 11 is 9.56. The van der Waals surface area contributed by atoms with Crippen molar-refractivity contribution in [1.82, 2.24) is 0 Å². The molecule has 0 N–H and O–H groups in total. The largest absolute Gasteiger partial charge is 0.618 e. The van der Waals surface area contributed by atoms with Gasteiger partial charge in [0.15, 0.2) is 17.7 Å². The molecule has 3 rings (SSSR count). The highest BCUT2D eigenvalue weighted by molar-refractivity contribution is 9.10. The number of benzene rings is 1. The van der Waals surface area contributed by atoms with E-state index in [2.05, 4.69) is 20.9 Å². The maximum absolute atomic E-state index is 12.3. The Morgan fingerprint density at radius 3 is 2.83 bits per heavy atom. The number of aliphatic imine (C=N–C) groups is 1. The van der Waals surface area contributed by atoms with Gasteiger partial charge in [-0.25, -0.2) is 4.99 Å². The van der Waals surface area contributed by atoms with Crippen molar-refractivity contribution in [3.63, 3.8) is 0 Å². The second-order valence-electron chi connectivity index (χ2n) is 5.52. The molecule has 2 aromatic rings. The maximum Gasteiger partial charge on any atom is 0.285 e. The zero-order chi connectivity index (χ0) is 16.8. The van der Waals surface area contributed by atoms with Crippen LogP contribution in [0.1, 0.15) is 25.1 Å². The first-order valence-electron chi connectivity index (χ1n) is 6.87. The van der Waals surface area contributed by atoms with Gasteiger partial charge in [-0.05, 0) is 41.9 Å². The smallest absolute Gasteiger partial charge is 0.285 e. The number of rotatable bonds is 2. The zero-order valence-electron chi connectivity index (χ0n) is 12.8. The third kappa shape index (κ3) is 2.88. The van der Waals surface area contributed by atoms with Gasteiger partial charge < -0.3 is 14.7 Å². The van der Waals surface area contributed by atoms with Gasteiger partial charge in [0.2, 0.25) is 0 Å². The standard InChI is InChI=1S/C16H14BrClN2O3/c1-16(2)19-14(15-12(22-3)5-4-6-20(15)21)9-7-10(17)11(18)8-13(9)23-16/h4-8H,1-3H3. The molecule has 23 heavy (non-hydrogen) atoms. The Kier molecular flexibility index (Phi) is 3.98. The van der Waals surface area contributed by atoms with E-state index in [-0.39, 0.29) is 0 Å². The molecule has 0 atom stereocenters. The Morgan fingerprint density at radius 2 is 2.13 bits per heavy atom. The van der Waals surface area contributed by atoms with E-state index in [1.807, 2.05) is 13.8 Å². The fourth-order valence-corrected chi connectivity index (χ4v) is 2.95. The minimum Gasteiger partial charge on any atom is -0.618 e. The molecule has 0 spiro atoms. The number of aromatic nitrogens is 1. The summed E-state index contributed by atoms with van der Waals surface area (Å²) in [7, 11) is 1.52. The van der Waals surface area contributed by atoms with Gasteiger partial charge >= 0.3 is 0 Å². The van der Waals surface area contributed by atoms with Crippen LogP contribution < -0.4 is 14.2 Å². The van der Waals surface area contributed by atoms with Crippen LogP contribution in [0.2, 0.25) is 5.02 Å². The summed E-state index contributed by atoms with van der Waals surface area (Å²) in [6, 6.07) is 6.85. The molecule has 120 valence electrons. The van der Waals surface area contributed by atoms with E-state index in [1.54, 1.807) is 24.3 Å². The van der Waals surface area contributed by atoms with Gasteiger partial charge in [-0.1, -0.05) is 11.6 Å².